The number of ether oxygens (including phenoxy) is 2. The number of likely N-dealkylation sites (tertiary alicyclic amines) is 1. The van der Waals surface area contributed by atoms with Crippen LogP contribution in [0.1, 0.15) is 18.4 Å². The van der Waals surface area contributed by atoms with Crippen molar-refractivity contribution >= 4 is 17.5 Å². The van der Waals surface area contributed by atoms with E-state index in [1.54, 1.807) is 0 Å². The zero-order valence-corrected chi connectivity index (χ0v) is 16.0. The number of nitrogens with one attached hydrogen (secondary N) is 1. The van der Waals surface area contributed by atoms with Crippen LogP contribution in [0.25, 0.3) is 0 Å². The van der Waals surface area contributed by atoms with Gasteiger partial charge in [0.05, 0.1) is 18.4 Å². The number of hydrogen-bond acceptors (Lipinski definition) is 4. The summed E-state index contributed by atoms with van der Waals surface area (Å²) in [5.74, 6) is -1.81. The molecule has 160 valence electrons. The smallest absolute Gasteiger partial charge is 0.416 e. The summed E-state index contributed by atoms with van der Waals surface area (Å²) in [6.45, 7) is 0. The number of carbonyl (C=O) groups is 2. The molecular weight excluding hydrogens is 408 g/mol. The molecule has 30 heavy (non-hydrogen) atoms. The molecule has 2 aromatic carbocycles. The lowest BCUT2D eigenvalue weighted by atomic mass is 10.2. The summed E-state index contributed by atoms with van der Waals surface area (Å²) in [6, 6.07) is 5.50. The van der Waals surface area contributed by atoms with Crippen LogP contribution in [-0.2, 0) is 15.8 Å². The molecule has 0 radical (unpaired) electrons. The number of rotatable bonds is 5. The number of likely N-dealkylation sites (N-methyl/N-ethyl adjacent to an activating group) is 1. The normalized spacial score (nSPS) is 16.5. The molecule has 1 fully saturated rings. The molecule has 1 saturated heterocycles. The van der Waals surface area contributed by atoms with E-state index in [1.165, 1.54) is 37.3 Å². The van der Waals surface area contributed by atoms with Gasteiger partial charge >= 0.3 is 6.18 Å². The van der Waals surface area contributed by atoms with E-state index in [0.717, 1.165) is 6.07 Å². The number of hydrogen-bond donors (Lipinski definition) is 1. The molecule has 0 saturated carbocycles. The fraction of sp³-hybridized carbons (Fsp3) is 0.300. The Kier molecular flexibility index (Phi) is 5.86. The van der Waals surface area contributed by atoms with Gasteiger partial charge in [-0.25, -0.2) is 4.39 Å². The molecular formula is C20H18F4N2O4. The van der Waals surface area contributed by atoms with Gasteiger partial charge in [-0.1, -0.05) is 0 Å². The Hall–Kier alpha value is -3.30. The average molecular weight is 426 g/mol. The van der Waals surface area contributed by atoms with Crippen molar-refractivity contribution in [3.8, 4) is 17.2 Å². The molecule has 1 atom stereocenters. The number of benzene rings is 2. The second-order valence-electron chi connectivity index (χ2n) is 6.66. The van der Waals surface area contributed by atoms with E-state index in [4.69, 9.17) is 9.47 Å². The van der Waals surface area contributed by atoms with E-state index in [0.29, 0.717) is 18.6 Å². The van der Waals surface area contributed by atoms with Crippen molar-refractivity contribution in [1.29, 1.82) is 0 Å². The molecule has 10 heteroatoms. The summed E-state index contributed by atoms with van der Waals surface area (Å²) in [4.78, 5) is 25.5. The van der Waals surface area contributed by atoms with E-state index in [-0.39, 0.29) is 29.5 Å². The maximum atomic E-state index is 14.0. The Morgan fingerprint density at radius 3 is 2.43 bits per heavy atom. The molecule has 2 amide bonds. The fourth-order valence-corrected chi connectivity index (χ4v) is 3.06. The number of amides is 2. The van der Waals surface area contributed by atoms with Crippen LogP contribution in [0.4, 0.5) is 23.2 Å². The van der Waals surface area contributed by atoms with Crippen LogP contribution in [0.2, 0.25) is 0 Å². The van der Waals surface area contributed by atoms with Crippen molar-refractivity contribution in [3.63, 3.8) is 0 Å². The second kappa shape index (κ2) is 8.21. The first kappa shape index (κ1) is 21.4. The molecule has 2 aromatic rings. The quantitative estimate of drug-likeness (QED) is 0.728. The van der Waals surface area contributed by atoms with Crippen molar-refractivity contribution < 1.29 is 36.6 Å². The highest BCUT2D eigenvalue weighted by atomic mass is 19.4. The van der Waals surface area contributed by atoms with Crippen molar-refractivity contribution in [3.05, 3.63) is 47.8 Å². The van der Waals surface area contributed by atoms with Crippen LogP contribution >= 0.6 is 0 Å². The Morgan fingerprint density at radius 2 is 1.87 bits per heavy atom. The summed E-state index contributed by atoms with van der Waals surface area (Å²) in [6.07, 6.45) is -4.04. The SMILES string of the molecule is COc1ccc(Oc2ccc(C(F)(F)F)cc2F)cc1NC(=O)[C@@H]1CCC(=O)N1C. The van der Waals surface area contributed by atoms with Gasteiger partial charge in [0, 0.05) is 19.5 Å². The summed E-state index contributed by atoms with van der Waals surface area (Å²) in [5, 5.41) is 2.64. The molecule has 0 unspecified atom stereocenters. The van der Waals surface area contributed by atoms with Gasteiger partial charge < -0.3 is 19.7 Å². The summed E-state index contributed by atoms with van der Waals surface area (Å²) < 4.78 is 62.6. The van der Waals surface area contributed by atoms with E-state index >= 15 is 0 Å². The van der Waals surface area contributed by atoms with Crippen LogP contribution in [0.3, 0.4) is 0 Å². The lowest BCUT2D eigenvalue weighted by molar-refractivity contribution is -0.137. The third kappa shape index (κ3) is 4.47. The zero-order valence-electron chi connectivity index (χ0n) is 16.0. The largest absolute Gasteiger partial charge is 0.495 e. The highest BCUT2D eigenvalue weighted by Gasteiger charge is 2.34. The highest BCUT2D eigenvalue weighted by Crippen LogP contribution is 2.35. The number of alkyl halides is 3. The third-order valence-corrected chi connectivity index (χ3v) is 4.71. The Bertz CT molecular complexity index is 978. The summed E-state index contributed by atoms with van der Waals surface area (Å²) in [7, 11) is 2.91. The minimum Gasteiger partial charge on any atom is -0.495 e. The number of halogens is 4. The second-order valence-corrected chi connectivity index (χ2v) is 6.66. The predicted molar refractivity (Wildman–Crippen MR) is 98.9 cm³/mol. The average Bonchev–Trinajstić information content (AvgIpc) is 3.01. The van der Waals surface area contributed by atoms with E-state index in [1.807, 2.05) is 0 Å². The highest BCUT2D eigenvalue weighted by molar-refractivity contribution is 5.99. The van der Waals surface area contributed by atoms with Crippen LogP contribution in [-0.4, -0.2) is 36.9 Å². The van der Waals surface area contributed by atoms with Gasteiger partial charge in [-0.2, -0.15) is 13.2 Å². The lowest BCUT2D eigenvalue weighted by Gasteiger charge is -2.20. The third-order valence-electron chi connectivity index (χ3n) is 4.71. The molecule has 0 spiro atoms. The lowest BCUT2D eigenvalue weighted by Crippen LogP contribution is -2.38. The van der Waals surface area contributed by atoms with Crippen LogP contribution in [0.15, 0.2) is 36.4 Å². The fourth-order valence-electron chi connectivity index (χ4n) is 3.06. The predicted octanol–water partition coefficient (Wildman–Crippen LogP) is 4.20. The molecule has 0 aliphatic carbocycles. The number of nitrogens with zero attached hydrogens (tertiary/aromatic N) is 1. The molecule has 1 aliphatic rings. The zero-order chi connectivity index (χ0) is 22.1. The van der Waals surface area contributed by atoms with Gasteiger partial charge in [0.1, 0.15) is 17.5 Å². The molecule has 0 bridgehead atoms. The van der Waals surface area contributed by atoms with Gasteiger partial charge in [-0.3, -0.25) is 9.59 Å². The van der Waals surface area contributed by atoms with Gasteiger partial charge in [0.15, 0.2) is 11.6 Å². The Balaban J connectivity index is 1.81. The van der Waals surface area contributed by atoms with Crippen LogP contribution < -0.4 is 14.8 Å². The van der Waals surface area contributed by atoms with Crippen molar-refractivity contribution in [2.45, 2.75) is 25.1 Å². The first-order valence-electron chi connectivity index (χ1n) is 8.89. The van der Waals surface area contributed by atoms with Crippen molar-refractivity contribution in [2.24, 2.45) is 0 Å². The maximum Gasteiger partial charge on any atom is 0.416 e. The molecule has 0 aromatic heterocycles. The Morgan fingerprint density at radius 1 is 1.17 bits per heavy atom. The monoisotopic (exact) mass is 426 g/mol. The standard InChI is InChI=1S/C20H18F4N2O4/c1-26-15(5-8-18(26)27)19(28)25-14-10-12(4-7-17(14)29-2)30-16-6-3-11(9-13(16)21)20(22,23)24/h3-4,6-7,9-10,15H,5,8H2,1-2H3,(H,25,28)/t15-/m0/s1. The molecule has 1 N–H and O–H groups in total. The minimum atomic E-state index is -4.67. The van der Waals surface area contributed by atoms with Crippen LogP contribution in [0, 0.1) is 5.82 Å². The van der Waals surface area contributed by atoms with Gasteiger partial charge in [0.2, 0.25) is 11.8 Å². The molecule has 1 heterocycles. The van der Waals surface area contributed by atoms with Gasteiger partial charge in [-0.05, 0) is 36.8 Å². The summed E-state index contributed by atoms with van der Waals surface area (Å²) in [5.41, 5.74) is -0.926. The van der Waals surface area contributed by atoms with Gasteiger partial charge in [0.25, 0.3) is 0 Å². The van der Waals surface area contributed by atoms with Gasteiger partial charge in [-0.15, -0.1) is 0 Å². The Labute approximate surface area is 169 Å². The van der Waals surface area contributed by atoms with Crippen LogP contribution in [0.5, 0.6) is 17.2 Å². The maximum absolute atomic E-state index is 14.0. The first-order chi connectivity index (χ1) is 14.1. The molecule has 3 rings (SSSR count). The number of anilines is 1. The first-order valence-corrected chi connectivity index (χ1v) is 8.89. The van der Waals surface area contributed by atoms with E-state index < -0.39 is 35.3 Å². The number of methoxy groups -OCH3 is 1. The summed E-state index contributed by atoms with van der Waals surface area (Å²) >= 11 is 0. The molecule has 6 nitrogen and oxygen atoms in total. The minimum absolute atomic E-state index is 0.0700. The van der Waals surface area contributed by atoms with E-state index in [2.05, 4.69) is 5.32 Å². The van der Waals surface area contributed by atoms with E-state index in [9.17, 15) is 27.2 Å². The topological polar surface area (TPSA) is 67.9 Å². The van der Waals surface area contributed by atoms with Crippen molar-refractivity contribution in [2.75, 3.05) is 19.5 Å². The molecule has 1 aliphatic heterocycles. The number of carbonyl (C=O) groups excluding carboxylic acids is 2. The van der Waals surface area contributed by atoms with Crippen molar-refractivity contribution in [1.82, 2.24) is 4.90 Å².